The van der Waals surface area contributed by atoms with Gasteiger partial charge in [0, 0.05) is 27.1 Å². The standard InChI is InChI=1S/C11H15N9/c1-12-11-17-9(8-10(18-11)15-5-14-8)13-4-3-7-19-16-6-20(7)2/h5-6H,3-4H2,1-2H3,(H3,12,13,14,15,17,18). The summed E-state index contributed by atoms with van der Waals surface area (Å²) in [5, 5.41) is 14.1. The van der Waals surface area contributed by atoms with E-state index in [4.69, 9.17) is 0 Å². The average molecular weight is 273 g/mol. The maximum atomic E-state index is 4.39. The van der Waals surface area contributed by atoms with Gasteiger partial charge in [0.25, 0.3) is 0 Å². The molecule has 0 saturated heterocycles. The van der Waals surface area contributed by atoms with Crippen molar-refractivity contribution in [2.75, 3.05) is 24.2 Å². The minimum Gasteiger partial charge on any atom is -0.368 e. The first kappa shape index (κ1) is 12.3. The van der Waals surface area contributed by atoms with Gasteiger partial charge in [-0.2, -0.15) is 9.97 Å². The molecule has 0 atom stereocenters. The minimum atomic E-state index is 0.533. The Hall–Kier alpha value is -2.71. The second-order valence-corrected chi connectivity index (χ2v) is 4.28. The number of hydrogen-bond acceptors (Lipinski definition) is 7. The fourth-order valence-electron chi connectivity index (χ4n) is 1.90. The van der Waals surface area contributed by atoms with E-state index in [1.807, 2.05) is 11.6 Å². The van der Waals surface area contributed by atoms with Crippen molar-refractivity contribution >= 4 is 22.9 Å². The Morgan fingerprint density at radius 1 is 1.35 bits per heavy atom. The first-order valence-electron chi connectivity index (χ1n) is 6.23. The highest BCUT2D eigenvalue weighted by Gasteiger charge is 2.09. The van der Waals surface area contributed by atoms with Crippen LogP contribution in [0.2, 0.25) is 0 Å². The fraction of sp³-hybridized carbons (Fsp3) is 0.364. The molecule has 0 spiro atoms. The van der Waals surface area contributed by atoms with Crippen molar-refractivity contribution < 1.29 is 0 Å². The Balaban J connectivity index is 1.76. The van der Waals surface area contributed by atoms with Gasteiger partial charge in [0.2, 0.25) is 5.95 Å². The van der Waals surface area contributed by atoms with Crippen molar-refractivity contribution in [3.8, 4) is 0 Å². The Morgan fingerprint density at radius 3 is 3.00 bits per heavy atom. The Morgan fingerprint density at radius 2 is 2.25 bits per heavy atom. The zero-order valence-corrected chi connectivity index (χ0v) is 11.3. The SMILES string of the molecule is CNc1nc(NCCc2nncn2C)c2[nH]cnc2n1. The maximum Gasteiger partial charge on any atom is 0.226 e. The van der Waals surface area contributed by atoms with E-state index in [1.54, 1.807) is 19.7 Å². The van der Waals surface area contributed by atoms with Gasteiger partial charge >= 0.3 is 0 Å². The van der Waals surface area contributed by atoms with Gasteiger partial charge in [-0.1, -0.05) is 0 Å². The van der Waals surface area contributed by atoms with Crippen molar-refractivity contribution in [1.29, 1.82) is 0 Å². The molecule has 3 aromatic heterocycles. The van der Waals surface area contributed by atoms with E-state index in [2.05, 4.69) is 40.8 Å². The number of fused-ring (bicyclic) bond motifs is 1. The minimum absolute atomic E-state index is 0.533. The summed E-state index contributed by atoms with van der Waals surface area (Å²) >= 11 is 0. The van der Waals surface area contributed by atoms with Crippen molar-refractivity contribution in [3.05, 3.63) is 18.5 Å². The summed E-state index contributed by atoms with van der Waals surface area (Å²) in [7, 11) is 3.70. The number of anilines is 2. The van der Waals surface area contributed by atoms with Crippen molar-refractivity contribution in [1.82, 2.24) is 34.7 Å². The van der Waals surface area contributed by atoms with E-state index in [9.17, 15) is 0 Å². The fourth-order valence-corrected chi connectivity index (χ4v) is 1.90. The van der Waals surface area contributed by atoms with Crippen LogP contribution in [0.4, 0.5) is 11.8 Å². The van der Waals surface area contributed by atoms with Crippen LogP contribution < -0.4 is 10.6 Å². The third-order valence-electron chi connectivity index (χ3n) is 2.96. The van der Waals surface area contributed by atoms with E-state index in [0.717, 1.165) is 23.6 Å². The van der Waals surface area contributed by atoms with Gasteiger partial charge in [-0.05, 0) is 0 Å². The molecule has 3 aromatic rings. The lowest BCUT2D eigenvalue weighted by atomic mass is 10.4. The van der Waals surface area contributed by atoms with Crippen LogP contribution in [0.1, 0.15) is 5.82 Å². The lowest BCUT2D eigenvalue weighted by Gasteiger charge is -2.07. The summed E-state index contributed by atoms with van der Waals surface area (Å²) in [5.41, 5.74) is 1.42. The van der Waals surface area contributed by atoms with Gasteiger partial charge in [-0.15, -0.1) is 10.2 Å². The van der Waals surface area contributed by atoms with E-state index >= 15 is 0 Å². The van der Waals surface area contributed by atoms with Crippen LogP contribution in [0.3, 0.4) is 0 Å². The highest BCUT2D eigenvalue weighted by molar-refractivity contribution is 5.83. The van der Waals surface area contributed by atoms with Gasteiger partial charge in [0.05, 0.1) is 6.33 Å². The molecule has 0 aliphatic rings. The number of nitrogens with one attached hydrogen (secondary N) is 3. The molecule has 9 nitrogen and oxygen atoms in total. The number of rotatable bonds is 5. The van der Waals surface area contributed by atoms with Gasteiger partial charge in [0.1, 0.15) is 17.7 Å². The second-order valence-electron chi connectivity index (χ2n) is 4.28. The lowest BCUT2D eigenvalue weighted by molar-refractivity contribution is 0.787. The summed E-state index contributed by atoms with van der Waals surface area (Å²) in [6.07, 6.45) is 4.05. The first-order chi connectivity index (χ1) is 9.78. The molecule has 0 amide bonds. The normalized spacial score (nSPS) is 10.9. The maximum absolute atomic E-state index is 4.39. The highest BCUT2D eigenvalue weighted by Crippen LogP contribution is 2.18. The molecule has 20 heavy (non-hydrogen) atoms. The summed E-state index contributed by atoms with van der Waals surface area (Å²) < 4.78 is 1.90. The van der Waals surface area contributed by atoms with Crippen LogP contribution >= 0.6 is 0 Å². The highest BCUT2D eigenvalue weighted by atomic mass is 15.2. The number of hydrogen-bond donors (Lipinski definition) is 3. The van der Waals surface area contributed by atoms with Crippen LogP contribution in [0.15, 0.2) is 12.7 Å². The van der Waals surface area contributed by atoms with Crippen molar-refractivity contribution in [2.45, 2.75) is 6.42 Å². The molecule has 3 heterocycles. The molecule has 0 aromatic carbocycles. The molecule has 0 saturated carbocycles. The number of imidazole rings is 1. The molecule has 0 bridgehead atoms. The zero-order chi connectivity index (χ0) is 13.9. The lowest BCUT2D eigenvalue weighted by Crippen LogP contribution is -2.11. The van der Waals surface area contributed by atoms with Crippen molar-refractivity contribution in [2.24, 2.45) is 7.05 Å². The molecule has 0 unspecified atom stereocenters. The third-order valence-corrected chi connectivity index (χ3v) is 2.96. The molecule has 9 heteroatoms. The topological polar surface area (TPSA) is 109 Å². The molecule has 0 radical (unpaired) electrons. The number of aryl methyl sites for hydroxylation is 1. The van der Waals surface area contributed by atoms with E-state index in [-0.39, 0.29) is 0 Å². The largest absolute Gasteiger partial charge is 0.368 e. The average Bonchev–Trinajstić information content (AvgIpc) is 3.07. The second kappa shape index (κ2) is 5.11. The predicted octanol–water partition coefficient (Wildman–Crippen LogP) is 0.178. The molecular formula is C11H15N9. The van der Waals surface area contributed by atoms with Gasteiger partial charge in [0.15, 0.2) is 11.5 Å². The van der Waals surface area contributed by atoms with Crippen molar-refractivity contribution in [3.63, 3.8) is 0 Å². The molecule has 0 aliphatic carbocycles. The summed E-state index contributed by atoms with van der Waals surface area (Å²) in [4.78, 5) is 15.8. The van der Waals surface area contributed by atoms with Gasteiger partial charge in [-0.25, -0.2) is 4.98 Å². The predicted molar refractivity (Wildman–Crippen MR) is 74.4 cm³/mol. The summed E-state index contributed by atoms with van der Waals surface area (Å²) in [6.45, 7) is 0.695. The zero-order valence-electron chi connectivity index (χ0n) is 11.3. The number of aromatic nitrogens is 7. The summed E-state index contributed by atoms with van der Waals surface area (Å²) in [6, 6.07) is 0. The van der Waals surface area contributed by atoms with E-state index in [1.165, 1.54) is 0 Å². The Bertz CT molecular complexity index is 714. The molecule has 104 valence electrons. The molecular weight excluding hydrogens is 258 g/mol. The quantitative estimate of drug-likeness (QED) is 0.608. The van der Waals surface area contributed by atoms with Crippen LogP contribution in [-0.2, 0) is 13.5 Å². The molecule has 0 fully saturated rings. The Labute approximate surface area is 114 Å². The smallest absolute Gasteiger partial charge is 0.226 e. The van der Waals surface area contributed by atoms with Crippen LogP contribution in [0.5, 0.6) is 0 Å². The molecule has 3 N–H and O–H groups in total. The first-order valence-corrected chi connectivity index (χ1v) is 6.23. The number of nitrogens with zero attached hydrogens (tertiary/aromatic N) is 6. The van der Waals surface area contributed by atoms with Crippen LogP contribution in [-0.4, -0.2) is 48.3 Å². The van der Waals surface area contributed by atoms with E-state index < -0.39 is 0 Å². The molecule has 3 rings (SSSR count). The van der Waals surface area contributed by atoms with Crippen LogP contribution in [0.25, 0.3) is 11.2 Å². The number of aromatic amines is 1. The Kier molecular flexibility index (Phi) is 3.15. The van der Waals surface area contributed by atoms with Gasteiger partial charge < -0.3 is 20.2 Å². The monoisotopic (exact) mass is 273 g/mol. The number of H-pyrrole nitrogens is 1. The molecule has 0 aliphatic heterocycles. The third kappa shape index (κ3) is 2.25. The van der Waals surface area contributed by atoms with E-state index in [0.29, 0.717) is 18.1 Å². The van der Waals surface area contributed by atoms with Crippen LogP contribution in [0, 0.1) is 0 Å². The van der Waals surface area contributed by atoms with Gasteiger partial charge in [-0.3, -0.25) is 0 Å². The summed E-state index contributed by atoms with van der Waals surface area (Å²) in [5.74, 6) is 2.17.